The van der Waals surface area contributed by atoms with E-state index < -0.39 is 59.7 Å². The summed E-state index contributed by atoms with van der Waals surface area (Å²) in [6.45, 7) is 1.65. The van der Waals surface area contributed by atoms with Crippen LogP contribution in [0.3, 0.4) is 0 Å². The summed E-state index contributed by atoms with van der Waals surface area (Å²) >= 11 is 0. The molecule has 17 heteroatoms. The van der Waals surface area contributed by atoms with Crippen molar-refractivity contribution in [3.05, 3.63) is 102 Å². The molecule has 3 unspecified atom stereocenters. The molecule has 3 aromatic carbocycles. The van der Waals surface area contributed by atoms with E-state index in [1.807, 2.05) is 73.7 Å². The van der Waals surface area contributed by atoms with Gasteiger partial charge in [0.1, 0.15) is 29.4 Å². The predicted octanol–water partition coefficient (Wildman–Crippen LogP) is 2.17. The van der Waals surface area contributed by atoms with Crippen LogP contribution in [0, 0.1) is 0 Å². The number of nitrogens with two attached hydrogens (primary N) is 3. The molecule has 4 aromatic rings. The van der Waals surface area contributed by atoms with Crippen LogP contribution >= 0.6 is 0 Å². The fraction of sp³-hybridized carbons (Fsp3) is 0.413. The number of nitrogens with zero attached hydrogens (tertiary/aromatic N) is 1. The van der Waals surface area contributed by atoms with Crippen molar-refractivity contribution in [1.82, 2.24) is 31.6 Å². The van der Waals surface area contributed by atoms with Gasteiger partial charge in [-0.1, -0.05) is 74.0 Å². The summed E-state index contributed by atoms with van der Waals surface area (Å²) in [4.78, 5) is 89.1. The maximum absolute atomic E-state index is 14.7. The van der Waals surface area contributed by atoms with Gasteiger partial charge in [-0.25, -0.2) is 0 Å². The zero-order chi connectivity index (χ0) is 45.4. The highest BCUT2D eigenvalue weighted by molar-refractivity contribution is 5.98. The number of aromatic nitrogens is 1. The van der Waals surface area contributed by atoms with E-state index in [9.17, 15) is 33.9 Å². The number of phenolic OH excluding ortho intramolecular Hbond substituents is 1. The summed E-state index contributed by atoms with van der Waals surface area (Å²) < 4.78 is 0. The number of carbonyl (C=O) groups excluding carboxylic acids is 6. The number of rotatable bonds is 22. The first-order valence-electron chi connectivity index (χ1n) is 21.5. The smallest absolute Gasteiger partial charge is 0.246 e. The number of benzene rings is 3. The molecule has 63 heavy (non-hydrogen) atoms. The van der Waals surface area contributed by atoms with Crippen LogP contribution < -0.4 is 43.8 Å². The molecule has 17 nitrogen and oxygen atoms in total. The molecular formula is C46H60N10O7. The molecular weight excluding hydrogens is 805 g/mol. The van der Waals surface area contributed by atoms with Crippen LogP contribution in [0.25, 0.3) is 10.9 Å². The molecule has 3 atom stereocenters. The average molecular weight is 865 g/mol. The predicted molar refractivity (Wildman–Crippen MR) is 240 cm³/mol. The zero-order valence-electron chi connectivity index (χ0n) is 35.7. The molecule has 5 rings (SSSR count). The quantitative estimate of drug-likeness (QED) is 0.0314. The van der Waals surface area contributed by atoms with E-state index in [2.05, 4.69) is 36.6 Å². The van der Waals surface area contributed by atoms with Gasteiger partial charge in [-0.15, -0.1) is 0 Å². The molecule has 13 N–H and O–H groups in total. The lowest BCUT2D eigenvalue weighted by atomic mass is 9.73. The second-order valence-corrected chi connectivity index (χ2v) is 16.1. The molecule has 0 spiro atoms. The Balaban J connectivity index is 1.41. The van der Waals surface area contributed by atoms with Crippen LogP contribution in [-0.4, -0.2) is 88.2 Å². The number of aromatic amines is 1. The topological polar surface area (TPSA) is 289 Å². The number of amides is 6. The summed E-state index contributed by atoms with van der Waals surface area (Å²) in [5.41, 5.74) is 18.4. The molecule has 0 radical (unpaired) electrons. The van der Waals surface area contributed by atoms with Gasteiger partial charge in [0, 0.05) is 42.9 Å². The number of carbonyl (C=O) groups is 6. The number of guanidine groups is 1. The first kappa shape index (κ1) is 47.1. The van der Waals surface area contributed by atoms with Gasteiger partial charge in [0.05, 0.1) is 6.54 Å². The van der Waals surface area contributed by atoms with Crippen LogP contribution in [0.5, 0.6) is 5.75 Å². The second-order valence-electron chi connectivity index (χ2n) is 16.1. The molecule has 0 aliphatic heterocycles. The lowest BCUT2D eigenvalue weighted by Crippen LogP contribution is -2.64. The van der Waals surface area contributed by atoms with E-state index in [4.69, 9.17) is 17.2 Å². The fourth-order valence-electron chi connectivity index (χ4n) is 7.97. The minimum atomic E-state index is -1.32. The Bertz CT molecular complexity index is 2210. The molecule has 1 heterocycles. The average Bonchev–Trinajstić information content (AvgIpc) is 3.68. The number of phenols is 1. The lowest BCUT2D eigenvalue weighted by Gasteiger charge is -2.40. The van der Waals surface area contributed by atoms with E-state index in [1.165, 1.54) is 0 Å². The number of aliphatic imine (C=N–C) groups is 1. The third-order valence-electron chi connectivity index (χ3n) is 11.4. The van der Waals surface area contributed by atoms with Crippen molar-refractivity contribution in [2.24, 2.45) is 22.2 Å². The van der Waals surface area contributed by atoms with Crippen LogP contribution in [0.15, 0.2) is 90.1 Å². The van der Waals surface area contributed by atoms with Gasteiger partial charge in [0.15, 0.2) is 5.96 Å². The lowest BCUT2D eigenvalue weighted by molar-refractivity contribution is -0.138. The molecule has 1 fully saturated rings. The highest BCUT2D eigenvalue weighted by atomic mass is 16.3. The summed E-state index contributed by atoms with van der Waals surface area (Å²) in [6, 6.07) is 19.9. The van der Waals surface area contributed by atoms with Gasteiger partial charge in [-0.2, -0.15) is 0 Å². The van der Waals surface area contributed by atoms with Gasteiger partial charge >= 0.3 is 0 Å². The molecule has 1 saturated carbocycles. The van der Waals surface area contributed by atoms with Crippen molar-refractivity contribution in [2.75, 3.05) is 13.1 Å². The molecule has 1 aliphatic rings. The number of aromatic hydroxyl groups is 1. The van der Waals surface area contributed by atoms with Crippen molar-refractivity contribution < 1.29 is 33.9 Å². The number of H-pyrrole nitrogens is 1. The van der Waals surface area contributed by atoms with Crippen LogP contribution in [0.2, 0.25) is 0 Å². The Labute approximate surface area is 366 Å². The van der Waals surface area contributed by atoms with Gasteiger partial charge in [-0.05, 0) is 85.8 Å². The molecule has 0 saturated heterocycles. The third kappa shape index (κ3) is 13.8. The number of nitrogens with one attached hydrogen (secondary N) is 6. The Morgan fingerprint density at radius 2 is 1.44 bits per heavy atom. The summed E-state index contributed by atoms with van der Waals surface area (Å²) in [5, 5.41) is 24.8. The van der Waals surface area contributed by atoms with E-state index in [-0.39, 0.29) is 62.2 Å². The summed E-state index contributed by atoms with van der Waals surface area (Å²) in [7, 11) is 0. The minimum Gasteiger partial charge on any atom is -0.508 e. The van der Waals surface area contributed by atoms with Crippen molar-refractivity contribution in [3.63, 3.8) is 0 Å². The zero-order valence-corrected chi connectivity index (χ0v) is 35.7. The van der Waals surface area contributed by atoms with Crippen molar-refractivity contribution >= 4 is 52.3 Å². The number of hydrogen-bond donors (Lipinski definition) is 10. The fourth-order valence-corrected chi connectivity index (χ4v) is 7.97. The maximum atomic E-state index is 14.7. The minimum absolute atomic E-state index is 0.0291. The van der Waals surface area contributed by atoms with E-state index >= 15 is 0 Å². The number of unbranched alkanes of at least 4 members (excludes halogenated alkanes) is 1. The van der Waals surface area contributed by atoms with Crippen molar-refractivity contribution in [2.45, 2.75) is 107 Å². The summed E-state index contributed by atoms with van der Waals surface area (Å²) in [6.07, 6.45) is 5.49. The molecule has 6 amide bonds. The molecule has 1 aliphatic carbocycles. The number of para-hydroxylation sites is 1. The molecule has 1 aromatic heterocycles. The van der Waals surface area contributed by atoms with E-state index in [0.29, 0.717) is 32.1 Å². The van der Waals surface area contributed by atoms with Crippen LogP contribution in [0.1, 0.15) is 87.3 Å². The van der Waals surface area contributed by atoms with Crippen LogP contribution in [-0.2, 0) is 41.6 Å². The van der Waals surface area contributed by atoms with Gasteiger partial charge in [0.2, 0.25) is 35.4 Å². The van der Waals surface area contributed by atoms with Crippen molar-refractivity contribution in [3.8, 4) is 5.75 Å². The Morgan fingerprint density at radius 3 is 2.13 bits per heavy atom. The number of primary amides is 1. The normalized spacial score (nSPS) is 17.3. The SMILES string of the molecule is CCCCC(=O)NC1(C(=O)NC(Cc2ccccc2)C(=O)NC(CCCN=C(N)N)C(=O)NC(Cc2c[nH]c3ccccc23)C(=O)NCC(N)=O)CCC(c2ccc(O)cc2)CC1. The highest BCUT2D eigenvalue weighted by Crippen LogP contribution is 2.39. The van der Waals surface area contributed by atoms with Crippen LogP contribution in [0.4, 0.5) is 0 Å². The molecule has 336 valence electrons. The monoisotopic (exact) mass is 864 g/mol. The first-order valence-corrected chi connectivity index (χ1v) is 21.5. The van der Waals surface area contributed by atoms with E-state index in [1.54, 1.807) is 18.3 Å². The van der Waals surface area contributed by atoms with Gasteiger partial charge in [0.25, 0.3) is 0 Å². The third-order valence-corrected chi connectivity index (χ3v) is 11.4. The van der Waals surface area contributed by atoms with Gasteiger partial charge in [-0.3, -0.25) is 33.8 Å². The Morgan fingerprint density at radius 1 is 0.794 bits per heavy atom. The Kier molecular flexibility index (Phi) is 17.1. The van der Waals surface area contributed by atoms with E-state index in [0.717, 1.165) is 34.0 Å². The first-order chi connectivity index (χ1) is 30.3. The van der Waals surface area contributed by atoms with Crippen molar-refractivity contribution in [1.29, 1.82) is 0 Å². The highest BCUT2D eigenvalue weighted by Gasteiger charge is 2.44. The standard InChI is InChI=1S/C46H60N10O7/c1-2-3-15-40(59)56-46(22-20-31(21-23-46)30-16-18-33(57)19-17-30)44(63)55-37(25-29-10-5-4-6-11-29)43(62)53-36(14-9-24-50-45(48)49)42(61)54-38(41(60)52-28-39(47)58)26-32-27-51-35-13-8-7-12-34(32)35/h4-8,10-13,16-19,27,31,36-38,51,57H,2-3,9,14-15,20-26,28H2,1H3,(H2,47,58)(H,52,60)(H,53,62)(H,54,61)(H,55,63)(H,56,59)(H4,48,49,50). The molecule has 0 bridgehead atoms. The Hall–Kier alpha value is -6.91. The second kappa shape index (κ2) is 22.8. The summed E-state index contributed by atoms with van der Waals surface area (Å²) in [5.74, 6) is -3.52. The largest absolute Gasteiger partial charge is 0.508 e. The number of hydrogen-bond acceptors (Lipinski definition) is 8. The maximum Gasteiger partial charge on any atom is 0.246 e. The number of fused-ring (bicyclic) bond motifs is 1. The van der Waals surface area contributed by atoms with Gasteiger partial charge < -0.3 is 53.9 Å².